The number of carbonyl (C=O) groups is 2. The van der Waals surface area contributed by atoms with E-state index in [2.05, 4.69) is 4.98 Å². The molecule has 1 aromatic heterocycles. The summed E-state index contributed by atoms with van der Waals surface area (Å²) in [4.78, 5) is 32.2. The number of nitrogens with zero attached hydrogens (tertiary/aromatic N) is 3. The van der Waals surface area contributed by atoms with E-state index in [1.54, 1.807) is 19.2 Å². The lowest BCUT2D eigenvalue weighted by Crippen LogP contribution is -2.51. The van der Waals surface area contributed by atoms with Gasteiger partial charge in [0.2, 0.25) is 5.91 Å². The van der Waals surface area contributed by atoms with Crippen molar-refractivity contribution in [2.45, 2.75) is 33.0 Å². The highest BCUT2D eigenvalue weighted by molar-refractivity contribution is 5.79. The number of aliphatic hydroxyl groups is 1. The SMILES string of the molecule is COCc1c(C=O)ccc(C(O)CN2CCN(CCc3ccc(C)cn3)C(=O)C2)c1C. The van der Waals surface area contributed by atoms with E-state index in [-0.39, 0.29) is 12.5 Å². The van der Waals surface area contributed by atoms with Crippen molar-refractivity contribution < 1.29 is 19.4 Å². The first-order valence-electron chi connectivity index (χ1n) is 10.6. The van der Waals surface area contributed by atoms with Crippen LogP contribution in [0.4, 0.5) is 0 Å². The summed E-state index contributed by atoms with van der Waals surface area (Å²) in [6, 6.07) is 7.54. The number of pyridine rings is 1. The highest BCUT2D eigenvalue weighted by atomic mass is 16.5. The molecule has 166 valence electrons. The van der Waals surface area contributed by atoms with Gasteiger partial charge in [0, 0.05) is 57.2 Å². The van der Waals surface area contributed by atoms with Crippen molar-refractivity contribution in [3.63, 3.8) is 0 Å². The number of aryl methyl sites for hydroxylation is 1. The third-order valence-corrected chi connectivity index (χ3v) is 5.89. The summed E-state index contributed by atoms with van der Waals surface area (Å²) in [5.41, 5.74) is 5.09. The summed E-state index contributed by atoms with van der Waals surface area (Å²) in [6.45, 7) is 6.86. The Morgan fingerprint density at radius 1 is 1.23 bits per heavy atom. The lowest BCUT2D eigenvalue weighted by Gasteiger charge is -2.35. The first-order chi connectivity index (χ1) is 14.9. The van der Waals surface area contributed by atoms with Crippen LogP contribution in [0.2, 0.25) is 0 Å². The smallest absolute Gasteiger partial charge is 0.236 e. The van der Waals surface area contributed by atoms with Crippen LogP contribution in [-0.2, 0) is 22.6 Å². The van der Waals surface area contributed by atoms with Crippen molar-refractivity contribution in [1.82, 2.24) is 14.8 Å². The first-order valence-corrected chi connectivity index (χ1v) is 10.6. The molecule has 1 aliphatic heterocycles. The van der Waals surface area contributed by atoms with Gasteiger partial charge in [-0.2, -0.15) is 0 Å². The maximum absolute atomic E-state index is 12.6. The molecule has 0 spiro atoms. The molecule has 1 aliphatic rings. The number of aldehydes is 1. The molecule has 0 aliphatic carbocycles. The van der Waals surface area contributed by atoms with E-state index < -0.39 is 6.10 Å². The maximum atomic E-state index is 12.6. The summed E-state index contributed by atoms with van der Waals surface area (Å²) in [7, 11) is 1.58. The Balaban J connectivity index is 1.57. The van der Waals surface area contributed by atoms with Crippen LogP contribution >= 0.6 is 0 Å². The minimum atomic E-state index is -0.743. The van der Waals surface area contributed by atoms with Gasteiger partial charge in [0.05, 0.1) is 19.3 Å². The second kappa shape index (κ2) is 10.6. The van der Waals surface area contributed by atoms with Gasteiger partial charge in [-0.25, -0.2) is 0 Å². The number of hydrogen-bond acceptors (Lipinski definition) is 6. The quantitative estimate of drug-likeness (QED) is 0.620. The third kappa shape index (κ3) is 5.76. The van der Waals surface area contributed by atoms with E-state index in [1.165, 1.54) is 0 Å². The topological polar surface area (TPSA) is 83.0 Å². The molecule has 1 amide bonds. The van der Waals surface area contributed by atoms with E-state index in [0.717, 1.165) is 40.7 Å². The van der Waals surface area contributed by atoms with E-state index in [1.807, 2.05) is 42.0 Å². The van der Waals surface area contributed by atoms with Gasteiger partial charge >= 0.3 is 0 Å². The van der Waals surface area contributed by atoms with Crippen molar-refractivity contribution in [3.05, 3.63) is 64.0 Å². The average molecular weight is 426 g/mol. The summed E-state index contributed by atoms with van der Waals surface area (Å²) in [5, 5.41) is 10.8. The standard InChI is InChI=1S/C24H31N3O4/c1-17-4-6-20(25-12-17)8-9-27-11-10-26(14-24(27)30)13-23(29)21-7-5-19(15-28)22(16-31-3)18(21)2/h4-7,12,15,23,29H,8-11,13-14,16H2,1-3H3. The van der Waals surface area contributed by atoms with E-state index in [9.17, 15) is 14.7 Å². The molecule has 1 unspecified atom stereocenters. The molecule has 1 aromatic carbocycles. The summed E-state index contributed by atoms with van der Waals surface area (Å²) in [5.74, 6) is 0.0682. The van der Waals surface area contributed by atoms with Crippen LogP contribution in [0.5, 0.6) is 0 Å². The predicted octanol–water partition coefficient (Wildman–Crippen LogP) is 2.08. The Morgan fingerprint density at radius 3 is 2.68 bits per heavy atom. The highest BCUT2D eigenvalue weighted by Gasteiger charge is 2.26. The molecule has 1 N–H and O–H groups in total. The molecule has 0 saturated carbocycles. The van der Waals surface area contributed by atoms with Gasteiger partial charge in [-0.05, 0) is 42.2 Å². The lowest BCUT2D eigenvalue weighted by molar-refractivity contribution is -0.136. The number of ether oxygens (including phenoxy) is 1. The number of carbonyl (C=O) groups excluding carboxylic acids is 2. The van der Waals surface area contributed by atoms with Crippen LogP contribution in [0, 0.1) is 13.8 Å². The number of amides is 1. The third-order valence-electron chi connectivity index (χ3n) is 5.89. The zero-order valence-electron chi connectivity index (χ0n) is 18.5. The Morgan fingerprint density at radius 2 is 2.03 bits per heavy atom. The Bertz CT molecular complexity index is 914. The number of piperazine rings is 1. The van der Waals surface area contributed by atoms with E-state index in [0.29, 0.717) is 38.3 Å². The Kier molecular flexibility index (Phi) is 7.90. The lowest BCUT2D eigenvalue weighted by atomic mass is 9.94. The second-order valence-corrected chi connectivity index (χ2v) is 8.11. The van der Waals surface area contributed by atoms with Crippen molar-refractivity contribution >= 4 is 12.2 Å². The van der Waals surface area contributed by atoms with Gasteiger partial charge in [0.25, 0.3) is 0 Å². The van der Waals surface area contributed by atoms with Crippen molar-refractivity contribution in [2.24, 2.45) is 0 Å². The molecule has 31 heavy (non-hydrogen) atoms. The summed E-state index contributed by atoms with van der Waals surface area (Å²) in [6.07, 6.45) is 2.64. The summed E-state index contributed by atoms with van der Waals surface area (Å²) < 4.78 is 5.22. The van der Waals surface area contributed by atoms with Crippen LogP contribution in [0.3, 0.4) is 0 Å². The van der Waals surface area contributed by atoms with Crippen molar-refractivity contribution in [2.75, 3.05) is 39.8 Å². The zero-order valence-corrected chi connectivity index (χ0v) is 18.5. The van der Waals surface area contributed by atoms with Gasteiger partial charge in [0.1, 0.15) is 6.29 Å². The number of aromatic nitrogens is 1. The monoisotopic (exact) mass is 425 g/mol. The Hall–Kier alpha value is -2.61. The number of benzene rings is 1. The number of aliphatic hydroxyl groups excluding tert-OH is 1. The molecular formula is C24H31N3O4. The van der Waals surface area contributed by atoms with Gasteiger partial charge in [0.15, 0.2) is 0 Å². The van der Waals surface area contributed by atoms with Crippen LogP contribution in [0.15, 0.2) is 30.5 Å². The van der Waals surface area contributed by atoms with Gasteiger partial charge < -0.3 is 14.7 Å². The number of rotatable bonds is 9. The van der Waals surface area contributed by atoms with Crippen LogP contribution in [0.25, 0.3) is 0 Å². The Labute approximate surface area is 183 Å². The molecule has 1 saturated heterocycles. The zero-order chi connectivity index (χ0) is 22.4. The fraction of sp³-hybridized carbons (Fsp3) is 0.458. The van der Waals surface area contributed by atoms with Crippen LogP contribution in [0.1, 0.15) is 44.4 Å². The van der Waals surface area contributed by atoms with Crippen LogP contribution in [-0.4, -0.2) is 71.9 Å². The van der Waals surface area contributed by atoms with E-state index in [4.69, 9.17) is 4.74 Å². The minimum absolute atomic E-state index is 0.0682. The summed E-state index contributed by atoms with van der Waals surface area (Å²) >= 11 is 0. The van der Waals surface area contributed by atoms with Crippen molar-refractivity contribution in [1.29, 1.82) is 0 Å². The number of β-amino-alcohol motifs (C(OH)–C–C–N with tert-alkyl or cyclic N) is 1. The molecule has 3 rings (SSSR count). The van der Waals surface area contributed by atoms with Gasteiger partial charge in [-0.15, -0.1) is 0 Å². The fourth-order valence-corrected chi connectivity index (χ4v) is 3.99. The maximum Gasteiger partial charge on any atom is 0.236 e. The fourth-order valence-electron chi connectivity index (χ4n) is 3.99. The average Bonchev–Trinajstić information content (AvgIpc) is 2.75. The predicted molar refractivity (Wildman–Crippen MR) is 118 cm³/mol. The molecule has 7 heteroatoms. The van der Waals surface area contributed by atoms with Crippen LogP contribution < -0.4 is 0 Å². The molecule has 0 bridgehead atoms. The molecule has 2 aromatic rings. The minimum Gasteiger partial charge on any atom is -0.387 e. The van der Waals surface area contributed by atoms with Gasteiger partial charge in [-0.1, -0.05) is 18.2 Å². The molecule has 1 atom stereocenters. The van der Waals surface area contributed by atoms with E-state index >= 15 is 0 Å². The molecule has 0 radical (unpaired) electrons. The number of hydrogen-bond donors (Lipinski definition) is 1. The highest BCUT2D eigenvalue weighted by Crippen LogP contribution is 2.25. The molecule has 7 nitrogen and oxygen atoms in total. The normalized spacial score (nSPS) is 15.9. The van der Waals surface area contributed by atoms with Crippen molar-refractivity contribution in [3.8, 4) is 0 Å². The molecular weight excluding hydrogens is 394 g/mol. The molecule has 1 fully saturated rings. The van der Waals surface area contributed by atoms with Gasteiger partial charge in [-0.3, -0.25) is 19.5 Å². The second-order valence-electron chi connectivity index (χ2n) is 8.11. The largest absolute Gasteiger partial charge is 0.387 e. The number of methoxy groups -OCH3 is 1. The molecule has 2 heterocycles. The first kappa shape index (κ1) is 23.1.